The van der Waals surface area contributed by atoms with Gasteiger partial charge in [0, 0.05) is 7.05 Å². The fraction of sp³-hybridized carbons (Fsp3) is 0.222. The van der Waals surface area contributed by atoms with Crippen molar-refractivity contribution in [2.24, 2.45) is 0 Å². The number of hydrogen-bond acceptors (Lipinski definition) is 4. The van der Waals surface area contributed by atoms with E-state index >= 15 is 0 Å². The number of carbonyl (C=O) groups excluding carboxylic acids is 1. The highest BCUT2D eigenvalue weighted by Gasteiger charge is 2.30. The Kier molecular flexibility index (Phi) is 5.72. The van der Waals surface area contributed by atoms with E-state index in [1.54, 1.807) is 30.5 Å². The van der Waals surface area contributed by atoms with E-state index in [-0.39, 0.29) is 5.75 Å². The number of nitrogens with zero attached hydrogens (tertiary/aromatic N) is 2. The first-order valence-corrected chi connectivity index (χ1v) is 7.50. The maximum absolute atomic E-state index is 12.5. The average Bonchev–Trinajstić information content (AvgIpc) is 2.61. The van der Waals surface area contributed by atoms with E-state index in [4.69, 9.17) is 14.7 Å². The van der Waals surface area contributed by atoms with E-state index in [1.807, 2.05) is 0 Å². The first-order chi connectivity index (χ1) is 12.2. The quantitative estimate of drug-likeness (QED) is 0.589. The zero-order valence-corrected chi connectivity index (χ0v) is 13.9. The molecule has 0 fully saturated rings. The lowest BCUT2D eigenvalue weighted by atomic mass is 10.2. The summed E-state index contributed by atoms with van der Waals surface area (Å²) in [5, 5.41) is 8.68. The third-order valence-electron chi connectivity index (χ3n) is 3.38. The summed E-state index contributed by atoms with van der Waals surface area (Å²) in [4.78, 5) is 12.6. The minimum absolute atomic E-state index is 0.255. The lowest BCUT2D eigenvalue weighted by Crippen LogP contribution is -2.35. The SMILES string of the molecule is CC(Oc1ccc(Oc2ccc(C(F)(F)F)cc2)cc1)C(=O)N(C)C#N. The van der Waals surface area contributed by atoms with Crippen molar-refractivity contribution >= 4 is 5.91 Å². The first kappa shape index (κ1) is 19.1. The number of benzene rings is 2. The topological polar surface area (TPSA) is 62.6 Å². The average molecular weight is 364 g/mol. The summed E-state index contributed by atoms with van der Waals surface area (Å²) in [6.07, 6.45) is -3.55. The van der Waals surface area contributed by atoms with Gasteiger partial charge < -0.3 is 9.47 Å². The highest BCUT2D eigenvalue weighted by Crippen LogP contribution is 2.31. The van der Waals surface area contributed by atoms with Gasteiger partial charge in [0.05, 0.1) is 5.56 Å². The Morgan fingerprint density at radius 3 is 1.96 bits per heavy atom. The van der Waals surface area contributed by atoms with Gasteiger partial charge in [-0.2, -0.15) is 18.4 Å². The smallest absolute Gasteiger partial charge is 0.416 e. The van der Waals surface area contributed by atoms with Crippen molar-refractivity contribution in [1.82, 2.24) is 4.90 Å². The van der Waals surface area contributed by atoms with Crippen molar-refractivity contribution in [2.75, 3.05) is 7.05 Å². The monoisotopic (exact) mass is 364 g/mol. The molecule has 8 heteroatoms. The molecule has 2 aromatic carbocycles. The van der Waals surface area contributed by atoms with E-state index in [0.29, 0.717) is 11.5 Å². The van der Waals surface area contributed by atoms with E-state index < -0.39 is 23.8 Å². The second kappa shape index (κ2) is 7.78. The van der Waals surface area contributed by atoms with Gasteiger partial charge in [-0.05, 0) is 55.5 Å². The second-order valence-electron chi connectivity index (χ2n) is 5.35. The van der Waals surface area contributed by atoms with Crippen LogP contribution >= 0.6 is 0 Å². The van der Waals surface area contributed by atoms with Crippen LogP contribution in [-0.2, 0) is 11.0 Å². The Balaban J connectivity index is 1.99. The summed E-state index contributed by atoms with van der Waals surface area (Å²) in [5.74, 6) is 0.547. The molecular weight excluding hydrogens is 349 g/mol. The molecule has 0 saturated heterocycles. The molecule has 136 valence electrons. The molecule has 1 unspecified atom stereocenters. The highest BCUT2D eigenvalue weighted by molar-refractivity contribution is 5.81. The van der Waals surface area contributed by atoms with Crippen molar-refractivity contribution in [3.05, 3.63) is 54.1 Å². The van der Waals surface area contributed by atoms with Crippen LogP contribution in [0.2, 0.25) is 0 Å². The molecule has 1 atom stereocenters. The molecule has 0 aliphatic carbocycles. The number of hydrogen-bond donors (Lipinski definition) is 0. The van der Waals surface area contributed by atoms with Crippen LogP contribution in [0.4, 0.5) is 13.2 Å². The first-order valence-electron chi connectivity index (χ1n) is 7.50. The maximum Gasteiger partial charge on any atom is 0.416 e. The standard InChI is InChI=1S/C18H15F3N2O3/c1-12(17(24)23(2)11-22)25-14-7-9-16(10-8-14)26-15-5-3-13(4-6-15)18(19,20)21/h3-10,12H,1-2H3. The summed E-state index contributed by atoms with van der Waals surface area (Å²) in [6.45, 7) is 1.52. The number of amides is 1. The van der Waals surface area contributed by atoms with Crippen LogP contribution in [0.5, 0.6) is 17.2 Å². The molecule has 0 spiro atoms. The second-order valence-corrected chi connectivity index (χ2v) is 5.35. The summed E-state index contributed by atoms with van der Waals surface area (Å²) in [5.41, 5.74) is -0.755. The van der Waals surface area contributed by atoms with Crippen molar-refractivity contribution in [2.45, 2.75) is 19.2 Å². The molecular formula is C18H15F3N2O3. The number of nitriles is 1. The van der Waals surface area contributed by atoms with Crippen molar-refractivity contribution in [3.8, 4) is 23.4 Å². The molecule has 0 aromatic heterocycles. The predicted octanol–water partition coefficient (Wildman–Crippen LogP) is 4.20. The van der Waals surface area contributed by atoms with Crippen LogP contribution in [0.25, 0.3) is 0 Å². The molecule has 0 bridgehead atoms. The van der Waals surface area contributed by atoms with Gasteiger partial charge in [0.2, 0.25) is 0 Å². The minimum atomic E-state index is -4.40. The Morgan fingerprint density at radius 1 is 1.04 bits per heavy atom. The lowest BCUT2D eigenvalue weighted by Gasteiger charge is -2.16. The third-order valence-corrected chi connectivity index (χ3v) is 3.38. The van der Waals surface area contributed by atoms with Crippen molar-refractivity contribution in [1.29, 1.82) is 5.26 Å². The Hall–Kier alpha value is -3.21. The van der Waals surface area contributed by atoms with Gasteiger partial charge in [0.1, 0.15) is 17.2 Å². The maximum atomic E-state index is 12.5. The normalized spacial score (nSPS) is 12.0. The van der Waals surface area contributed by atoms with E-state index in [0.717, 1.165) is 17.0 Å². The van der Waals surface area contributed by atoms with Crippen LogP contribution < -0.4 is 9.47 Å². The van der Waals surface area contributed by atoms with Crippen LogP contribution in [0.1, 0.15) is 12.5 Å². The summed E-state index contributed by atoms with van der Waals surface area (Å²) < 4.78 is 48.5. The molecule has 0 N–H and O–H groups in total. The molecule has 2 aromatic rings. The molecule has 0 heterocycles. The Labute approximate surface area is 148 Å². The highest BCUT2D eigenvalue weighted by atomic mass is 19.4. The van der Waals surface area contributed by atoms with E-state index in [1.165, 1.54) is 26.1 Å². The molecule has 0 aliphatic rings. The number of alkyl halides is 3. The molecule has 0 saturated carbocycles. The van der Waals surface area contributed by atoms with Gasteiger partial charge in [-0.25, -0.2) is 4.90 Å². The van der Waals surface area contributed by atoms with Crippen molar-refractivity contribution in [3.63, 3.8) is 0 Å². The minimum Gasteiger partial charge on any atom is -0.481 e. The van der Waals surface area contributed by atoms with Crippen LogP contribution in [0, 0.1) is 11.5 Å². The van der Waals surface area contributed by atoms with Crippen LogP contribution in [0.15, 0.2) is 48.5 Å². The predicted molar refractivity (Wildman–Crippen MR) is 86.4 cm³/mol. The van der Waals surface area contributed by atoms with Gasteiger partial charge in [-0.1, -0.05) is 0 Å². The van der Waals surface area contributed by atoms with Crippen LogP contribution in [-0.4, -0.2) is 24.0 Å². The van der Waals surface area contributed by atoms with Gasteiger partial charge in [0.25, 0.3) is 5.91 Å². The summed E-state index contributed by atoms with van der Waals surface area (Å²) in [6, 6.07) is 10.5. The van der Waals surface area contributed by atoms with Gasteiger partial charge >= 0.3 is 6.18 Å². The molecule has 1 amide bonds. The number of ether oxygens (including phenoxy) is 2. The molecule has 2 rings (SSSR count). The van der Waals surface area contributed by atoms with Gasteiger partial charge in [-0.3, -0.25) is 4.79 Å². The van der Waals surface area contributed by atoms with Gasteiger partial charge in [-0.15, -0.1) is 0 Å². The fourth-order valence-electron chi connectivity index (χ4n) is 2.01. The molecule has 0 radical (unpaired) electrons. The number of carbonyl (C=O) groups is 1. The van der Waals surface area contributed by atoms with E-state index in [2.05, 4.69) is 0 Å². The van der Waals surface area contributed by atoms with Gasteiger partial charge in [0.15, 0.2) is 12.3 Å². The number of likely N-dealkylation sites (N-methyl/N-ethyl adjacent to an activating group) is 1. The summed E-state index contributed by atoms with van der Waals surface area (Å²) >= 11 is 0. The Bertz CT molecular complexity index is 796. The van der Waals surface area contributed by atoms with Crippen molar-refractivity contribution < 1.29 is 27.4 Å². The number of halogens is 3. The zero-order chi connectivity index (χ0) is 19.3. The van der Waals surface area contributed by atoms with Crippen LogP contribution in [0.3, 0.4) is 0 Å². The largest absolute Gasteiger partial charge is 0.481 e. The molecule has 5 nitrogen and oxygen atoms in total. The molecule has 26 heavy (non-hydrogen) atoms. The summed E-state index contributed by atoms with van der Waals surface area (Å²) in [7, 11) is 1.34. The zero-order valence-electron chi connectivity index (χ0n) is 13.9. The fourth-order valence-corrected chi connectivity index (χ4v) is 2.01. The third kappa shape index (κ3) is 4.89. The van der Waals surface area contributed by atoms with E-state index in [9.17, 15) is 18.0 Å². The Morgan fingerprint density at radius 2 is 1.50 bits per heavy atom. The molecule has 0 aliphatic heterocycles. The lowest BCUT2D eigenvalue weighted by molar-refractivity contribution is -0.137. The number of rotatable bonds is 5.